The van der Waals surface area contributed by atoms with E-state index >= 15 is 0 Å². The van der Waals surface area contributed by atoms with Crippen molar-refractivity contribution in [2.45, 2.75) is 26.2 Å². The molecule has 1 aromatic rings. The van der Waals surface area contributed by atoms with Gasteiger partial charge >= 0.3 is 0 Å². The van der Waals surface area contributed by atoms with Crippen molar-refractivity contribution in [1.29, 1.82) is 0 Å². The molecular formula is C13H15BrFNO. The van der Waals surface area contributed by atoms with Crippen LogP contribution >= 0.6 is 15.9 Å². The second-order valence-corrected chi connectivity index (χ2v) is 5.51. The lowest BCUT2D eigenvalue weighted by atomic mass is 10.0. The van der Waals surface area contributed by atoms with E-state index in [-0.39, 0.29) is 5.91 Å². The highest BCUT2D eigenvalue weighted by Crippen LogP contribution is 2.47. The van der Waals surface area contributed by atoms with Crippen LogP contribution in [0.2, 0.25) is 0 Å². The number of carbonyl (C=O) groups is 1. The maximum absolute atomic E-state index is 13.1. The van der Waals surface area contributed by atoms with E-state index in [2.05, 4.69) is 28.2 Å². The third-order valence-corrected chi connectivity index (χ3v) is 4.20. The van der Waals surface area contributed by atoms with Crippen molar-refractivity contribution < 1.29 is 9.18 Å². The number of hydrogen-bond acceptors (Lipinski definition) is 1. The molecule has 1 amide bonds. The fraction of sp³-hybridized carbons (Fsp3) is 0.462. The fourth-order valence-electron chi connectivity index (χ4n) is 1.87. The van der Waals surface area contributed by atoms with Gasteiger partial charge in [-0.15, -0.1) is 0 Å². The summed E-state index contributed by atoms with van der Waals surface area (Å²) in [7, 11) is 0. The maximum atomic E-state index is 13.1. The van der Waals surface area contributed by atoms with Gasteiger partial charge in [-0.05, 0) is 58.8 Å². The predicted octanol–water partition coefficient (Wildman–Crippen LogP) is 3.51. The number of benzene rings is 1. The van der Waals surface area contributed by atoms with Crippen LogP contribution in [-0.4, -0.2) is 12.5 Å². The normalized spacial score (nSPS) is 16.6. The summed E-state index contributed by atoms with van der Waals surface area (Å²) in [6.07, 6.45) is 3.43. The Morgan fingerprint density at radius 3 is 2.82 bits per heavy atom. The number of amides is 1. The van der Waals surface area contributed by atoms with Gasteiger partial charge in [0.1, 0.15) is 5.82 Å². The summed E-state index contributed by atoms with van der Waals surface area (Å²) < 4.78 is 13.7. The van der Waals surface area contributed by atoms with Gasteiger partial charge in [0.25, 0.3) is 5.91 Å². The van der Waals surface area contributed by atoms with E-state index in [1.807, 2.05) is 0 Å². The molecule has 2 rings (SSSR count). The number of nitrogens with one attached hydrogen (secondary N) is 1. The molecule has 0 radical (unpaired) electrons. The Labute approximate surface area is 109 Å². The quantitative estimate of drug-likeness (QED) is 0.906. The summed E-state index contributed by atoms with van der Waals surface area (Å²) >= 11 is 3.26. The summed E-state index contributed by atoms with van der Waals surface area (Å²) in [5, 5.41) is 2.89. The van der Waals surface area contributed by atoms with Crippen LogP contribution in [0, 0.1) is 11.2 Å². The Morgan fingerprint density at radius 1 is 1.53 bits per heavy atom. The van der Waals surface area contributed by atoms with Gasteiger partial charge < -0.3 is 5.32 Å². The van der Waals surface area contributed by atoms with E-state index in [9.17, 15) is 9.18 Å². The highest BCUT2D eigenvalue weighted by atomic mass is 79.9. The van der Waals surface area contributed by atoms with Crippen molar-refractivity contribution in [3.05, 3.63) is 34.1 Å². The molecule has 0 aromatic heterocycles. The molecule has 0 heterocycles. The molecule has 0 bridgehead atoms. The lowest BCUT2D eigenvalue weighted by Gasteiger charge is -2.13. The monoisotopic (exact) mass is 299 g/mol. The zero-order valence-electron chi connectivity index (χ0n) is 9.72. The van der Waals surface area contributed by atoms with Crippen LogP contribution in [0.4, 0.5) is 4.39 Å². The number of rotatable bonds is 4. The van der Waals surface area contributed by atoms with E-state index < -0.39 is 5.82 Å². The van der Waals surface area contributed by atoms with E-state index in [4.69, 9.17) is 0 Å². The minimum atomic E-state index is -0.394. The molecule has 0 aliphatic heterocycles. The maximum Gasteiger partial charge on any atom is 0.252 e. The topological polar surface area (TPSA) is 29.1 Å². The molecule has 1 fully saturated rings. The molecule has 1 aliphatic rings. The third-order valence-electron chi connectivity index (χ3n) is 3.50. The minimum Gasteiger partial charge on any atom is -0.351 e. The first kappa shape index (κ1) is 12.6. The lowest BCUT2D eigenvalue weighted by molar-refractivity contribution is 0.0943. The van der Waals surface area contributed by atoms with Crippen molar-refractivity contribution in [2.75, 3.05) is 6.54 Å². The van der Waals surface area contributed by atoms with Crippen molar-refractivity contribution in [3.8, 4) is 0 Å². The van der Waals surface area contributed by atoms with Gasteiger partial charge in [-0.3, -0.25) is 4.79 Å². The molecule has 2 nitrogen and oxygen atoms in total. The number of hydrogen-bond donors (Lipinski definition) is 1. The summed E-state index contributed by atoms with van der Waals surface area (Å²) in [6.45, 7) is 2.82. The van der Waals surface area contributed by atoms with Gasteiger partial charge in [-0.2, -0.15) is 0 Å². The van der Waals surface area contributed by atoms with E-state index in [0.29, 0.717) is 22.0 Å². The van der Waals surface area contributed by atoms with Crippen LogP contribution < -0.4 is 5.32 Å². The molecule has 17 heavy (non-hydrogen) atoms. The molecule has 1 aromatic carbocycles. The van der Waals surface area contributed by atoms with Crippen LogP contribution in [0.1, 0.15) is 36.5 Å². The van der Waals surface area contributed by atoms with Gasteiger partial charge in [0, 0.05) is 11.0 Å². The van der Waals surface area contributed by atoms with Gasteiger partial charge in [-0.25, -0.2) is 4.39 Å². The highest BCUT2D eigenvalue weighted by molar-refractivity contribution is 9.10. The summed E-state index contributed by atoms with van der Waals surface area (Å²) in [4.78, 5) is 11.9. The fourth-order valence-corrected chi connectivity index (χ4v) is 2.29. The van der Waals surface area contributed by atoms with Crippen molar-refractivity contribution in [1.82, 2.24) is 5.32 Å². The first-order valence-electron chi connectivity index (χ1n) is 5.79. The zero-order chi connectivity index (χ0) is 12.5. The Morgan fingerprint density at radius 2 is 2.24 bits per heavy atom. The van der Waals surface area contributed by atoms with Gasteiger partial charge in [-0.1, -0.05) is 6.92 Å². The molecule has 1 aliphatic carbocycles. The molecule has 0 unspecified atom stereocenters. The smallest absolute Gasteiger partial charge is 0.252 e. The highest BCUT2D eigenvalue weighted by Gasteiger charge is 2.40. The molecule has 1 saturated carbocycles. The second kappa shape index (κ2) is 4.77. The average Bonchev–Trinajstić information content (AvgIpc) is 3.10. The molecule has 92 valence electrons. The molecule has 0 atom stereocenters. The van der Waals surface area contributed by atoms with Crippen LogP contribution in [0.25, 0.3) is 0 Å². The van der Waals surface area contributed by atoms with E-state index in [0.717, 1.165) is 6.42 Å². The first-order chi connectivity index (χ1) is 8.06. The minimum absolute atomic E-state index is 0.212. The SMILES string of the molecule is CCC1(CNC(=O)c2cc(F)ccc2Br)CC1. The molecule has 0 saturated heterocycles. The van der Waals surface area contributed by atoms with Crippen molar-refractivity contribution in [3.63, 3.8) is 0 Å². The Kier molecular flexibility index (Phi) is 3.52. The summed E-state index contributed by atoms with van der Waals surface area (Å²) in [6, 6.07) is 4.14. The standard InChI is InChI=1S/C13H15BrFNO/c1-2-13(5-6-13)8-16-12(17)10-7-9(15)3-4-11(10)14/h3-4,7H,2,5-6,8H2,1H3,(H,16,17). The molecule has 0 spiro atoms. The molecule has 1 N–H and O–H groups in total. The van der Waals surface area contributed by atoms with Crippen molar-refractivity contribution >= 4 is 21.8 Å². The van der Waals surface area contributed by atoms with E-state index in [1.54, 1.807) is 6.07 Å². The number of halogens is 2. The Bertz CT molecular complexity index is 443. The predicted molar refractivity (Wildman–Crippen MR) is 68.4 cm³/mol. The van der Waals surface area contributed by atoms with Crippen molar-refractivity contribution in [2.24, 2.45) is 5.41 Å². The molecule has 4 heteroatoms. The Hall–Kier alpha value is -0.900. The summed E-state index contributed by atoms with van der Waals surface area (Å²) in [5.41, 5.74) is 0.659. The summed E-state index contributed by atoms with van der Waals surface area (Å²) in [5.74, 6) is -0.605. The first-order valence-corrected chi connectivity index (χ1v) is 6.59. The largest absolute Gasteiger partial charge is 0.351 e. The lowest BCUT2D eigenvalue weighted by Crippen LogP contribution is -2.30. The number of carbonyl (C=O) groups excluding carboxylic acids is 1. The van der Waals surface area contributed by atoms with Crippen LogP contribution in [0.5, 0.6) is 0 Å². The molecular weight excluding hydrogens is 285 g/mol. The second-order valence-electron chi connectivity index (χ2n) is 4.66. The zero-order valence-corrected chi connectivity index (χ0v) is 11.3. The van der Waals surface area contributed by atoms with Crippen LogP contribution in [-0.2, 0) is 0 Å². The average molecular weight is 300 g/mol. The Balaban J connectivity index is 2.02. The van der Waals surface area contributed by atoms with Crippen LogP contribution in [0.3, 0.4) is 0 Å². The van der Waals surface area contributed by atoms with E-state index in [1.165, 1.54) is 25.0 Å². The van der Waals surface area contributed by atoms with Gasteiger partial charge in [0.05, 0.1) is 5.56 Å². The third kappa shape index (κ3) is 2.86. The van der Waals surface area contributed by atoms with Crippen LogP contribution in [0.15, 0.2) is 22.7 Å². The van der Waals surface area contributed by atoms with Gasteiger partial charge in [0.15, 0.2) is 0 Å². The van der Waals surface area contributed by atoms with Gasteiger partial charge in [0.2, 0.25) is 0 Å².